The van der Waals surface area contributed by atoms with Gasteiger partial charge in [-0.1, -0.05) is 41.0 Å². The average Bonchev–Trinajstić information content (AvgIpc) is 2.49. The number of anilines is 2. The van der Waals surface area contributed by atoms with E-state index < -0.39 is 0 Å². The first-order valence-electron chi connectivity index (χ1n) is 8.39. The molecule has 0 fully saturated rings. The van der Waals surface area contributed by atoms with Crippen molar-refractivity contribution in [2.24, 2.45) is 5.92 Å². The van der Waals surface area contributed by atoms with E-state index >= 15 is 0 Å². The maximum absolute atomic E-state index is 4.77. The van der Waals surface area contributed by atoms with Gasteiger partial charge in [-0.25, -0.2) is 9.97 Å². The number of aromatic nitrogens is 2. The van der Waals surface area contributed by atoms with E-state index in [0.29, 0.717) is 11.8 Å². The topological polar surface area (TPSA) is 41.0 Å². The molecule has 1 aromatic heterocycles. The van der Waals surface area contributed by atoms with Gasteiger partial charge < -0.3 is 10.2 Å². The molecule has 1 unspecified atom stereocenters. The molecule has 1 atom stereocenters. The third-order valence-electron chi connectivity index (χ3n) is 3.74. The van der Waals surface area contributed by atoms with E-state index in [1.807, 2.05) is 0 Å². The fourth-order valence-electron chi connectivity index (χ4n) is 2.11. The third kappa shape index (κ3) is 5.52. The Labute approximate surface area is 130 Å². The summed E-state index contributed by atoms with van der Waals surface area (Å²) in [5.74, 6) is 3.95. The molecule has 1 heterocycles. The molecule has 1 rings (SSSR count). The molecule has 0 radical (unpaired) electrons. The largest absolute Gasteiger partial charge is 0.370 e. The molecular formula is C17H32N4. The van der Waals surface area contributed by atoms with Crippen molar-refractivity contribution in [2.45, 2.75) is 60.3 Å². The normalized spacial score (nSPS) is 12.5. The second-order valence-corrected chi connectivity index (χ2v) is 6.10. The summed E-state index contributed by atoms with van der Waals surface area (Å²) in [4.78, 5) is 11.8. The van der Waals surface area contributed by atoms with Crippen molar-refractivity contribution in [3.63, 3.8) is 0 Å². The number of nitrogens with one attached hydrogen (secondary N) is 1. The first kappa shape index (κ1) is 17.7. The molecule has 1 N–H and O–H groups in total. The zero-order valence-electron chi connectivity index (χ0n) is 14.6. The Morgan fingerprint density at radius 2 is 1.86 bits per heavy atom. The van der Waals surface area contributed by atoms with Crippen molar-refractivity contribution >= 4 is 11.6 Å². The minimum absolute atomic E-state index is 0.342. The van der Waals surface area contributed by atoms with Crippen LogP contribution in [0.15, 0.2) is 6.07 Å². The van der Waals surface area contributed by atoms with Gasteiger partial charge in [-0.3, -0.25) is 0 Å². The standard InChI is InChI=1S/C17H32N4/c1-7-10-18-15-11-16(20-17(19-15)13(4)5)21(9-3)12-14(6)8-2/h11,13-14H,7-10,12H2,1-6H3,(H,18,19,20). The Balaban J connectivity index is 3.04. The van der Waals surface area contributed by atoms with E-state index in [9.17, 15) is 0 Å². The molecule has 4 heteroatoms. The van der Waals surface area contributed by atoms with E-state index in [0.717, 1.165) is 43.5 Å². The van der Waals surface area contributed by atoms with Gasteiger partial charge in [0.15, 0.2) is 0 Å². The molecule has 120 valence electrons. The molecule has 0 aliphatic heterocycles. The van der Waals surface area contributed by atoms with Gasteiger partial charge in [0, 0.05) is 31.6 Å². The Morgan fingerprint density at radius 3 is 2.38 bits per heavy atom. The predicted molar refractivity (Wildman–Crippen MR) is 92.2 cm³/mol. The van der Waals surface area contributed by atoms with E-state index in [4.69, 9.17) is 4.98 Å². The third-order valence-corrected chi connectivity index (χ3v) is 3.74. The molecule has 21 heavy (non-hydrogen) atoms. The monoisotopic (exact) mass is 292 g/mol. The summed E-state index contributed by atoms with van der Waals surface area (Å²) < 4.78 is 0. The molecule has 0 saturated heterocycles. The van der Waals surface area contributed by atoms with Crippen LogP contribution in [0.3, 0.4) is 0 Å². The number of rotatable bonds is 9. The molecule has 0 amide bonds. The lowest BCUT2D eigenvalue weighted by Crippen LogP contribution is -2.29. The van der Waals surface area contributed by atoms with Crippen molar-refractivity contribution in [2.75, 3.05) is 29.9 Å². The summed E-state index contributed by atoms with van der Waals surface area (Å²) in [5, 5.41) is 3.40. The molecule has 0 aliphatic rings. The highest BCUT2D eigenvalue weighted by molar-refractivity contribution is 5.49. The van der Waals surface area contributed by atoms with Gasteiger partial charge >= 0.3 is 0 Å². The van der Waals surface area contributed by atoms with Crippen LogP contribution in [0.5, 0.6) is 0 Å². The molecular weight excluding hydrogens is 260 g/mol. The van der Waals surface area contributed by atoms with E-state index in [-0.39, 0.29) is 0 Å². The highest BCUT2D eigenvalue weighted by atomic mass is 15.2. The lowest BCUT2D eigenvalue weighted by molar-refractivity contribution is 0.544. The summed E-state index contributed by atoms with van der Waals surface area (Å²) in [6.45, 7) is 16.2. The van der Waals surface area contributed by atoms with E-state index in [1.54, 1.807) is 0 Å². The van der Waals surface area contributed by atoms with Gasteiger partial charge in [0.05, 0.1) is 0 Å². The summed E-state index contributed by atoms with van der Waals surface area (Å²) in [7, 11) is 0. The van der Waals surface area contributed by atoms with E-state index in [1.165, 1.54) is 6.42 Å². The van der Waals surface area contributed by atoms with Crippen molar-refractivity contribution in [3.05, 3.63) is 11.9 Å². The Hall–Kier alpha value is -1.32. The van der Waals surface area contributed by atoms with Crippen LogP contribution in [0.2, 0.25) is 0 Å². The first-order chi connectivity index (χ1) is 10.0. The maximum atomic E-state index is 4.77. The van der Waals surface area contributed by atoms with Gasteiger partial charge in [-0.2, -0.15) is 0 Å². The van der Waals surface area contributed by atoms with Crippen molar-refractivity contribution < 1.29 is 0 Å². The van der Waals surface area contributed by atoms with Crippen LogP contribution >= 0.6 is 0 Å². The molecule has 0 saturated carbocycles. The molecule has 1 aromatic rings. The van der Waals surface area contributed by atoms with E-state index in [2.05, 4.69) is 62.8 Å². The van der Waals surface area contributed by atoms with Crippen LogP contribution < -0.4 is 10.2 Å². The van der Waals surface area contributed by atoms with Gasteiger partial charge in [0.1, 0.15) is 17.5 Å². The zero-order valence-corrected chi connectivity index (χ0v) is 14.6. The molecule has 0 aromatic carbocycles. The summed E-state index contributed by atoms with van der Waals surface area (Å²) in [6.07, 6.45) is 2.29. The SMILES string of the molecule is CCCNc1cc(N(CC)CC(C)CC)nc(C(C)C)n1. The van der Waals surface area contributed by atoms with Crippen LogP contribution in [0, 0.1) is 5.92 Å². The smallest absolute Gasteiger partial charge is 0.135 e. The Kier molecular flexibility index (Phi) is 7.48. The van der Waals surface area contributed by atoms with Crippen molar-refractivity contribution in [1.29, 1.82) is 0 Å². The second-order valence-electron chi connectivity index (χ2n) is 6.10. The predicted octanol–water partition coefficient (Wildman–Crippen LogP) is 4.29. The fraction of sp³-hybridized carbons (Fsp3) is 0.765. The molecule has 4 nitrogen and oxygen atoms in total. The summed E-state index contributed by atoms with van der Waals surface area (Å²) in [5.41, 5.74) is 0. The lowest BCUT2D eigenvalue weighted by atomic mass is 10.1. The van der Waals surface area contributed by atoms with Crippen LogP contribution in [0.25, 0.3) is 0 Å². The maximum Gasteiger partial charge on any atom is 0.135 e. The first-order valence-corrected chi connectivity index (χ1v) is 8.39. The summed E-state index contributed by atoms with van der Waals surface area (Å²) >= 11 is 0. The number of nitrogens with zero attached hydrogens (tertiary/aromatic N) is 3. The highest BCUT2D eigenvalue weighted by Gasteiger charge is 2.14. The molecule has 0 spiro atoms. The van der Waals surface area contributed by atoms with Crippen LogP contribution in [0.4, 0.5) is 11.6 Å². The minimum Gasteiger partial charge on any atom is -0.370 e. The van der Waals surface area contributed by atoms with Gasteiger partial charge in [0.2, 0.25) is 0 Å². The molecule has 0 aliphatic carbocycles. The van der Waals surface area contributed by atoms with Gasteiger partial charge in [-0.15, -0.1) is 0 Å². The lowest BCUT2D eigenvalue weighted by Gasteiger charge is -2.26. The number of hydrogen-bond donors (Lipinski definition) is 1. The number of hydrogen-bond acceptors (Lipinski definition) is 4. The van der Waals surface area contributed by atoms with Gasteiger partial charge in [-0.05, 0) is 19.3 Å². The van der Waals surface area contributed by atoms with Crippen molar-refractivity contribution in [1.82, 2.24) is 9.97 Å². The van der Waals surface area contributed by atoms with Gasteiger partial charge in [0.25, 0.3) is 0 Å². The van der Waals surface area contributed by atoms with Crippen LogP contribution in [-0.2, 0) is 0 Å². The Bertz CT molecular complexity index is 417. The van der Waals surface area contributed by atoms with Crippen LogP contribution in [0.1, 0.15) is 66.1 Å². The van der Waals surface area contributed by atoms with Crippen LogP contribution in [-0.4, -0.2) is 29.6 Å². The van der Waals surface area contributed by atoms with Crippen molar-refractivity contribution in [3.8, 4) is 0 Å². The second kappa shape index (κ2) is 8.85. The minimum atomic E-state index is 0.342. The quantitative estimate of drug-likeness (QED) is 0.737. The highest BCUT2D eigenvalue weighted by Crippen LogP contribution is 2.21. The fourth-order valence-corrected chi connectivity index (χ4v) is 2.11. The Morgan fingerprint density at radius 1 is 1.14 bits per heavy atom. The molecule has 0 bridgehead atoms. The average molecular weight is 292 g/mol. The summed E-state index contributed by atoms with van der Waals surface area (Å²) in [6, 6.07) is 2.09. The zero-order chi connectivity index (χ0) is 15.8.